The van der Waals surface area contributed by atoms with Crippen LogP contribution >= 0.6 is 11.3 Å². The van der Waals surface area contributed by atoms with Crippen LogP contribution in [-0.4, -0.2) is 20.9 Å². The molecular weight excluding hydrogens is 396 g/mol. The van der Waals surface area contributed by atoms with Crippen molar-refractivity contribution in [2.75, 3.05) is 5.32 Å². The van der Waals surface area contributed by atoms with Crippen LogP contribution in [0.3, 0.4) is 0 Å². The summed E-state index contributed by atoms with van der Waals surface area (Å²) in [6.45, 7) is 5.47. The Kier molecular flexibility index (Phi) is 5.54. The van der Waals surface area contributed by atoms with Crippen molar-refractivity contribution in [2.45, 2.75) is 20.8 Å². The smallest absolute Gasteiger partial charge is 0.322 e. The van der Waals surface area contributed by atoms with Crippen LogP contribution in [0.25, 0.3) is 10.6 Å². The third kappa shape index (κ3) is 4.21. The lowest BCUT2D eigenvalue weighted by Crippen LogP contribution is -2.15. The van der Waals surface area contributed by atoms with Crippen LogP contribution in [0.4, 0.5) is 5.69 Å². The van der Waals surface area contributed by atoms with E-state index in [1.165, 1.54) is 11.3 Å². The zero-order valence-corrected chi connectivity index (χ0v) is 17.7. The molecule has 0 aliphatic heterocycles. The first-order valence-electron chi connectivity index (χ1n) is 9.43. The van der Waals surface area contributed by atoms with Gasteiger partial charge >= 0.3 is 6.01 Å². The molecule has 2 heterocycles. The first-order chi connectivity index (χ1) is 14.5. The van der Waals surface area contributed by atoms with E-state index < -0.39 is 0 Å². The van der Waals surface area contributed by atoms with Gasteiger partial charge in [0, 0.05) is 5.56 Å². The fourth-order valence-corrected chi connectivity index (χ4v) is 3.95. The van der Waals surface area contributed by atoms with Gasteiger partial charge in [-0.25, -0.2) is 4.98 Å². The van der Waals surface area contributed by atoms with Gasteiger partial charge < -0.3 is 10.1 Å². The van der Waals surface area contributed by atoms with E-state index in [0.29, 0.717) is 33.4 Å². The monoisotopic (exact) mass is 416 g/mol. The molecule has 0 atom stereocenters. The summed E-state index contributed by atoms with van der Waals surface area (Å²) in [6.07, 6.45) is 0. The van der Waals surface area contributed by atoms with Crippen LogP contribution in [0.15, 0.2) is 60.7 Å². The van der Waals surface area contributed by atoms with Crippen LogP contribution < -0.4 is 10.1 Å². The van der Waals surface area contributed by atoms with Gasteiger partial charge in [0.1, 0.15) is 15.6 Å². The highest BCUT2D eigenvalue weighted by Crippen LogP contribution is 2.29. The van der Waals surface area contributed by atoms with Crippen molar-refractivity contribution in [3.8, 4) is 22.3 Å². The van der Waals surface area contributed by atoms with Crippen molar-refractivity contribution >= 4 is 22.9 Å². The Labute approximate surface area is 178 Å². The Morgan fingerprint density at radius 1 is 0.833 bits per heavy atom. The molecule has 4 aromatic rings. The standard InChI is InChI=1S/C23H20N4O2S/c1-14-19(15(2)26-23(25-14)29-18-12-8-5-9-13-18)27-21(28)20-16(3)24-22(30-20)17-10-6-4-7-11-17/h4-13H,1-3H3,(H,27,28). The second-order valence-corrected chi connectivity index (χ2v) is 7.72. The van der Waals surface area contributed by atoms with Crippen molar-refractivity contribution in [3.63, 3.8) is 0 Å². The van der Waals surface area contributed by atoms with Gasteiger partial charge in [-0.3, -0.25) is 4.79 Å². The predicted molar refractivity (Wildman–Crippen MR) is 118 cm³/mol. The zero-order chi connectivity index (χ0) is 21.1. The number of aryl methyl sites for hydroxylation is 3. The molecule has 1 amide bonds. The Hall–Kier alpha value is -3.58. The lowest BCUT2D eigenvalue weighted by atomic mass is 10.2. The van der Waals surface area contributed by atoms with Crippen LogP contribution in [0, 0.1) is 20.8 Å². The van der Waals surface area contributed by atoms with Gasteiger partial charge in [0.15, 0.2) is 0 Å². The van der Waals surface area contributed by atoms with Crippen LogP contribution in [0.5, 0.6) is 11.8 Å². The molecule has 2 aromatic carbocycles. The highest BCUT2D eigenvalue weighted by molar-refractivity contribution is 7.17. The van der Waals surface area contributed by atoms with Crippen LogP contribution in [-0.2, 0) is 0 Å². The normalized spacial score (nSPS) is 10.6. The number of aromatic nitrogens is 3. The number of thiazole rings is 1. The highest BCUT2D eigenvalue weighted by atomic mass is 32.1. The minimum Gasteiger partial charge on any atom is -0.424 e. The van der Waals surface area contributed by atoms with Gasteiger partial charge in [-0.05, 0) is 32.9 Å². The number of anilines is 1. The molecule has 4 rings (SSSR count). The second kappa shape index (κ2) is 8.42. The van der Waals surface area contributed by atoms with Gasteiger partial charge in [-0.2, -0.15) is 9.97 Å². The molecule has 0 spiro atoms. The van der Waals surface area contributed by atoms with Crippen LogP contribution in [0.1, 0.15) is 26.8 Å². The molecule has 150 valence electrons. The van der Waals surface area contributed by atoms with Crippen molar-refractivity contribution in [1.82, 2.24) is 15.0 Å². The number of carbonyl (C=O) groups excluding carboxylic acids is 1. The molecule has 0 unspecified atom stereocenters. The average Bonchev–Trinajstić information content (AvgIpc) is 3.14. The largest absolute Gasteiger partial charge is 0.424 e. The first kappa shape index (κ1) is 19.7. The van der Waals surface area contributed by atoms with E-state index in [0.717, 1.165) is 10.6 Å². The molecule has 7 heteroatoms. The Bertz CT molecular complexity index is 1170. The summed E-state index contributed by atoms with van der Waals surface area (Å²) < 4.78 is 5.71. The van der Waals surface area contributed by atoms with Crippen molar-refractivity contribution in [3.05, 3.63) is 82.6 Å². The third-order valence-corrected chi connectivity index (χ3v) is 5.67. The molecule has 0 radical (unpaired) electrons. The van der Waals surface area contributed by atoms with Gasteiger partial charge in [-0.15, -0.1) is 11.3 Å². The summed E-state index contributed by atoms with van der Waals surface area (Å²) in [5.74, 6) is 0.431. The molecule has 1 N–H and O–H groups in total. The molecule has 0 saturated carbocycles. The predicted octanol–water partition coefficient (Wildman–Crippen LogP) is 5.57. The molecular formula is C23H20N4O2S. The van der Waals surface area contributed by atoms with E-state index in [-0.39, 0.29) is 11.9 Å². The molecule has 0 bridgehead atoms. The number of para-hydroxylation sites is 1. The minimum atomic E-state index is -0.223. The maximum Gasteiger partial charge on any atom is 0.322 e. The first-order valence-corrected chi connectivity index (χ1v) is 10.3. The number of hydrogen-bond acceptors (Lipinski definition) is 6. The third-order valence-electron chi connectivity index (χ3n) is 4.46. The van der Waals surface area contributed by atoms with Crippen LogP contribution in [0.2, 0.25) is 0 Å². The summed E-state index contributed by atoms with van der Waals surface area (Å²) in [7, 11) is 0. The van der Waals surface area contributed by atoms with E-state index in [1.807, 2.05) is 81.4 Å². The zero-order valence-electron chi connectivity index (χ0n) is 16.8. The lowest BCUT2D eigenvalue weighted by molar-refractivity contribution is 0.102. The number of ether oxygens (including phenoxy) is 1. The minimum absolute atomic E-state index is 0.223. The van der Waals surface area contributed by atoms with Gasteiger partial charge in [0.05, 0.1) is 22.8 Å². The summed E-state index contributed by atoms with van der Waals surface area (Å²) in [4.78, 5) is 26.8. The maximum atomic E-state index is 12.9. The van der Waals surface area contributed by atoms with E-state index in [9.17, 15) is 4.79 Å². The SMILES string of the molecule is Cc1nc(-c2ccccc2)sc1C(=O)Nc1c(C)nc(Oc2ccccc2)nc1C. The number of amides is 1. The van der Waals surface area contributed by atoms with Gasteiger partial charge in [0.25, 0.3) is 5.91 Å². The van der Waals surface area contributed by atoms with E-state index in [4.69, 9.17) is 4.74 Å². The number of rotatable bonds is 5. The number of nitrogens with one attached hydrogen (secondary N) is 1. The fourth-order valence-electron chi connectivity index (χ4n) is 2.99. The molecule has 30 heavy (non-hydrogen) atoms. The Morgan fingerprint density at radius 3 is 2.07 bits per heavy atom. The van der Waals surface area contributed by atoms with Crippen molar-refractivity contribution in [2.24, 2.45) is 0 Å². The maximum absolute atomic E-state index is 12.9. The Balaban J connectivity index is 1.56. The molecule has 0 fully saturated rings. The number of nitrogens with zero attached hydrogens (tertiary/aromatic N) is 3. The van der Waals surface area contributed by atoms with E-state index in [1.54, 1.807) is 0 Å². The van der Waals surface area contributed by atoms with Crippen molar-refractivity contribution in [1.29, 1.82) is 0 Å². The Morgan fingerprint density at radius 2 is 1.43 bits per heavy atom. The molecule has 0 aliphatic rings. The second-order valence-electron chi connectivity index (χ2n) is 6.72. The topological polar surface area (TPSA) is 77.0 Å². The molecule has 2 aromatic heterocycles. The lowest BCUT2D eigenvalue weighted by Gasteiger charge is -2.12. The number of carbonyl (C=O) groups is 1. The van der Waals surface area contributed by atoms with Gasteiger partial charge in [-0.1, -0.05) is 48.5 Å². The summed E-state index contributed by atoms with van der Waals surface area (Å²) >= 11 is 1.37. The molecule has 6 nitrogen and oxygen atoms in total. The van der Waals surface area contributed by atoms with E-state index in [2.05, 4.69) is 20.3 Å². The van der Waals surface area contributed by atoms with Gasteiger partial charge in [0.2, 0.25) is 0 Å². The number of hydrogen-bond donors (Lipinski definition) is 1. The highest BCUT2D eigenvalue weighted by Gasteiger charge is 2.19. The number of benzene rings is 2. The summed E-state index contributed by atoms with van der Waals surface area (Å²) in [5, 5.41) is 3.76. The molecule has 0 aliphatic carbocycles. The van der Waals surface area contributed by atoms with Crippen molar-refractivity contribution < 1.29 is 9.53 Å². The molecule has 0 saturated heterocycles. The summed E-state index contributed by atoms with van der Waals surface area (Å²) in [6, 6.07) is 19.4. The van der Waals surface area contributed by atoms with E-state index >= 15 is 0 Å². The summed E-state index contributed by atoms with van der Waals surface area (Å²) in [5.41, 5.74) is 3.52. The quantitative estimate of drug-likeness (QED) is 0.460. The average molecular weight is 417 g/mol. The fraction of sp³-hybridized carbons (Fsp3) is 0.130.